The number of benzene rings is 1. The number of carbonyl (C=O) groups is 2. The molecular formula is C35H54O6. The second-order valence-corrected chi connectivity index (χ2v) is 11.6. The SMILES string of the molecule is C=CCCCCCCCCOC(=O)CCC/C=C\C[C@@H]1[C@@H](CC[C@@H](O)CCc2ccccc2)[C@H](O)C[C@@H]1OC(C)=O. The maximum absolute atomic E-state index is 12.0. The number of rotatable bonds is 22. The number of carbonyl (C=O) groups excluding carboxylic acids is 2. The summed E-state index contributed by atoms with van der Waals surface area (Å²) in [5, 5.41) is 21.4. The van der Waals surface area contributed by atoms with Crippen LogP contribution in [0.5, 0.6) is 0 Å². The third-order valence-corrected chi connectivity index (χ3v) is 8.15. The third-order valence-electron chi connectivity index (χ3n) is 8.15. The van der Waals surface area contributed by atoms with E-state index in [1.54, 1.807) is 0 Å². The lowest BCUT2D eigenvalue weighted by Gasteiger charge is -2.25. The molecule has 0 aromatic heterocycles. The zero-order valence-electron chi connectivity index (χ0n) is 25.3. The molecule has 0 bridgehead atoms. The Morgan fingerprint density at radius 2 is 1.71 bits per heavy atom. The van der Waals surface area contributed by atoms with Gasteiger partial charge in [0.05, 0.1) is 18.8 Å². The summed E-state index contributed by atoms with van der Waals surface area (Å²) in [7, 11) is 0. The van der Waals surface area contributed by atoms with Gasteiger partial charge in [-0.15, -0.1) is 6.58 Å². The molecule has 0 heterocycles. The number of unbranched alkanes of at least 4 members (excludes halogenated alkanes) is 7. The van der Waals surface area contributed by atoms with Gasteiger partial charge >= 0.3 is 11.9 Å². The maximum Gasteiger partial charge on any atom is 0.305 e. The van der Waals surface area contributed by atoms with Crippen molar-refractivity contribution in [1.82, 2.24) is 0 Å². The van der Waals surface area contributed by atoms with E-state index in [4.69, 9.17) is 9.47 Å². The molecule has 0 aliphatic heterocycles. The predicted octanol–water partition coefficient (Wildman–Crippen LogP) is 7.27. The minimum Gasteiger partial charge on any atom is -0.466 e. The topological polar surface area (TPSA) is 93.1 Å². The number of aliphatic hydroxyl groups excluding tert-OH is 2. The van der Waals surface area contributed by atoms with E-state index in [0.29, 0.717) is 45.1 Å². The van der Waals surface area contributed by atoms with Gasteiger partial charge in [0, 0.05) is 25.7 Å². The average molecular weight is 571 g/mol. The summed E-state index contributed by atoms with van der Waals surface area (Å²) in [6.45, 7) is 5.66. The molecule has 0 radical (unpaired) electrons. The molecule has 1 aliphatic carbocycles. The quantitative estimate of drug-likeness (QED) is 0.0865. The molecule has 1 aromatic rings. The molecule has 5 atom stereocenters. The summed E-state index contributed by atoms with van der Waals surface area (Å²) in [5.41, 5.74) is 1.21. The van der Waals surface area contributed by atoms with Crippen LogP contribution in [-0.4, -0.2) is 47.1 Å². The molecule has 2 rings (SSSR count). The van der Waals surface area contributed by atoms with Crippen LogP contribution in [0, 0.1) is 11.8 Å². The number of aliphatic hydroxyl groups is 2. The standard InChI is InChI=1S/C35H54O6/c1-3-4-5-6-7-8-11-17-26-40-35(39)21-16-10-9-15-20-32-31(33(38)27-34(32)41-28(2)36)25-24-30(37)23-22-29-18-13-12-14-19-29/h3,9,12-15,18-19,30-34,37-38H,1,4-8,10-11,16-17,20-27H2,2H3/b15-9-/t30-,31+,32+,33+,34-/m0/s1. The number of esters is 2. The van der Waals surface area contributed by atoms with Gasteiger partial charge in [0.2, 0.25) is 0 Å². The van der Waals surface area contributed by atoms with Gasteiger partial charge in [0.15, 0.2) is 0 Å². The number of hydrogen-bond acceptors (Lipinski definition) is 6. The van der Waals surface area contributed by atoms with Crippen molar-refractivity contribution < 1.29 is 29.3 Å². The molecule has 1 aromatic carbocycles. The van der Waals surface area contributed by atoms with Gasteiger partial charge in [0.1, 0.15) is 6.10 Å². The maximum atomic E-state index is 12.0. The lowest BCUT2D eigenvalue weighted by molar-refractivity contribution is -0.148. The van der Waals surface area contributed by atoms with E-state index in [1.807, 2.05) is 24.3 Å². The normalized spacial score (nSPS) is 21.1. The van der Waals surface area contributed by atoms with Crippen LogP contribution in [0.1, 0.15) is 109 Å². The Balaban J connectivity index is 1.66. The Hall–Kier alpha value is -2.44. The highest BCUT2D eigenvalue weighted by Crippen LogP contribution is 2.40. The number of aryl methyl sites for hydroxylation is 1. The largest absolute Gasteiger partial charge is 0.466 e. The smallest absolute Gasteiger partial charge is 0.305 e. The van der Waals surface area contributed by atoms with Crippen molar-refractivity contribution in [3.8, 4) is 0 Å². The first kappa shape index (κ1) is 34.8. The number of ether oxygens (including phenoxy) is 2. The molecule has 1 saturated carbocycles. The Morgan fingerprint density at radius 1 is 0.976 bits per heavy atom. The molecule has 230 valence electrons. The van der Waals surface area contributed by atoms with E-state index in [1.165, 1.54) is 38.2 Å². The van der Waals surface area contributed by atoms with E-state index in [9.17, 15) is 19.8 Å². The molecule has 41 heavy (non-hydrogen) atoms. The Labute approximate surface area is 248 Å². The van der Waals surface area contributed by atoms with Crippen LogP contribution >= 0.6 is 0 Å². The van der Waals surface area contributed by atoms with Gasteiger partial charge in [-0.2, -0.15) is 0 Å². The summed E-state index contributed by atoms with van der Waals surface area (Å²) >= 11 is 0. The van der Waals surface area contributed by atoms with E-state index in [-0.39, 0.29) is 29.9 Å². The van der Waals surface area contributed by atoms with Gasteiger partial charge in [0.25, 0.3) is 0 Å². The predicted molar refractivity (Wildman–Crippen MR) is 164 cm³/mol. The minimum atomic E-state index is -0.550. The second kappa shape index (κ2) is 21.3. The Bertz CT molecular complexity index is 882. The molecule has 0 spiro atoms. The van der Waals surface area contributed by atoms with Crippen molar-refractivity contribution in [1.29, 1.82) is 0 Å². The van der Waals surface area contributed by atoms with Crippen LogP contribution in [0.25, 0.3) is 0 Å². The van der Waals surface area contributed by atoms with Gasteiger partial charge in [-0.25, -0.2) is 0 Å². The Kier molecular flexibility index (Phi) is 18.0. The van der Waals surface area contributed by atoms with Crippen molar-refractivity contribution in [3.63, 3.8) is 0 Å². The zero-order valence-corrected chi connectivity index (χ0v) is 25.3. The molecular weight excluding hydrogens is 516 g/mol. The van der Waals surface area contributed by atoms with Gasteiger partial charge in [-0.1, -0.05) is 74.2 Å². The molecule has 6 heteroatoms. The summed E-state index contributed by atoms with van der Waals surface area (Å²) < 4.78 is 10.9. The minimum absolute atomic E-state index is 0.0124. The van der Waals surface area contributed by atoms with Gasteiger partial charge in [-0.3, -0.25) is 9.59 Å². The first-order valence-corrected chi connectivity index (χ1v) is 15.9. The van der Waals surface area contributed by atoms with E-state index in [2.05, 4.69) is 30.9 Å². The van der Waals surface area contributed by atoms with E-state index < -0.39 is 12.2 Å². The summed E-state index contributed by atoms with van der Waals surface area (Å²) in [6, 6.07) is 10.1. The van der Waals surface area contributed by atoms with Crippen molar-refractivity contribution in [2.45, 2.75) is 128 Å². The van der Waals surface area contributed by atoms with Crippen molar-refractivity contribution in [3.05, 3.63) is 60.7 Å². The molecule has 0 unspecified atom stereocenters. The lowest BCUT2D eigenvalue weighted by atomic mass is 9.85. The van der Waals surface area contributed by atoms with Crippen molar-refractivity contribution in [2.24, 2.45) is 11.8 Å². The fourth-order valence-corrected chi connectivity index (χ4v) is 5.83. The summed E-state index contributed by atoms with van der Waals surface area (Å²) in [5.74, 6) is -0.484. The first-order chi connectivity index (χ1) is 19.9. The van der Waals surface area contributed by atoms with Crippen LogP contribution in [0.4, 0.5) is 0 Å². The fraction of sp³-hybridized carbons (Fsp3) is 0.657. The fourth-order valence-electron chi connectivity index (χ4n) is 5.83. The Morgan fingerprint density at radius 3 is 2.44 bits per heavy atom. The zero-order chi connectivity index (χ0) is 29.7. The molecule has 6 nitrogen and oxygen atoms in total. The number of allylic oxidation sites excluding steroid dienone is 3. The van der Waals surface area contributed by atoms with E-state index in [0.717, 1.165) is 38.5 Å². The molecule has 1 aliphatic rings. The van der Waals surface area contributed by atoms with Gasteiger partial charge in [-0.05, 0) is 75.7 Å². The highest BCUT2D eigenvalue weighted by atomic mass is 16.5. The second-order valence-electron chi connectivity index (χ2n) is 11.6. The van der Waals surface area contributed by atoms with Crippen LogP contribution in [-0.2, 0) is 25.5 Å². The first-order valence-electron chi connectivity index (χ1n) is 15.9. The average Bonchev–Trinajstić information content (AvgIpc) is 3.24. The summed E-state index contributed by atoms with van der Waals surface area (Å²) in [6.07, 6.45) is 18.6. The highest BCUT2D eigenvalue weighted by molar-refractivity contribution is 5.69. The van der Waals surface area contributed by atoms with Gasteiger partial charge < -0.3 is 19.7 Å². The highest BCUT2D eigenvalue weighted by Gasteiger charge is 2.43. The molecule has 1 fully saturated rings. The van der Waals surface area contributed by atoms with Crippen molar-refractivity contribution in [2.75, 3.05) is 6.61 Å². The summed E-state index contributed by atoms with van der Waals surface area (Å²) in [4.78, 5) is 23.7. The monoisotopic (exact) mass is 570 g/mol. The van der Waals surface area contributed by atoms with Crippen molar-refractivity contribution >= 4 is 11.9 Å². The molecule has 2 N–H and O–H groups in total. The van der Waals surface area contributed by atoms with E-state index >= 15 is 0 Å². The lowest BCUT2D eigenvalue weighted by Crippen LogP contribution is -2.26. The van der Waals surface area contributed by atoms with Crippen LogP contribution in [0.2, 0.25) is 0 Å². The molecule has 0 saturated heterocycles. The van der Waals surface area contributed by atoms with Crippen LogP contribution in [0.3, 0.4) is 0 Å². The van der Waals surface area contributed by atoms with Crippen LogP contribution in [0.15, 0.2) is 55.1 Å². The molecule has 0 amide bonds. The van der Waals surface area contributed by atoms with Crippen LogP contribution < -0.4 is 0 Å². The third kappa shape index (κ3) is 15.4. The number of hydrogen-bond donors (Lipinski definition) is 2.